The van der Waals surface area contributed by atoms with Crippen molar-refractivity contribution in [2.45, 2.75) is 135 Å². The van der Waals surface area contributed by atoms with Gasteiger partial charge in [-0.3, -0.25) is 4.79 Å². The predicted molar refractivity (Wildman–Crippen MR) is 144 cm³/mol. The molecule has 0 aliphatic heterocycles. The maximum absolute atomic E-state index is 11.8. The van der Waals surface area contributed by atoms with Gasteiger partial charge in [0, 0.05) is 6.42 Å². The smallest absolute Gasteiger partial charge is 0.309 e. The Morgan fingerprint density at radius 3 is 1.86 bits per heavy atom. The van der Waals surface area contributed by atoms with Gasteiger partial charge in [-0.05, 0) is 30.5 Å². The van der Waals surface area contributed by atoms with E-state index in [-0.39, 0.29) is 6.10 Å². The van der Waals surface area contributed by atoms with E-state index in [4.69, 9.17) is 9.47 Å². The van der Waals surface area contributed by atoms with E-state index in [0.29, 0.717) is 19.4 Å². The van der Waals surface area contributed by atoms with Crippen LogP contribution in [-0.4, -0.2) is 35.5 Å². The standard InChI is InChI=1S/C30H52O5/c1-4-6-8-10-11-12-13-14-15-17-27(35-24-25-19-21-26(34-3)22-20-25)23-29(31)28(30(32)33)18-16-9-7-5-2/h19-22,27-29,31H,4-18,23-24H2,1-3H3,(H,32,33)/t27-,28+,29+/m1/s1. The predicted octanol–water partition coefficient (Wildman–Crippen LogP) is 7.92. The van der Waals surface area contributed by atoms with E-state index >= 15 is 0 Å². The second kappa shape index (κ2) is 20.6. The Labute approximate surface area is 214 Å². The number of aliphatic carboxylic acids is 1. The lowest BCUT2D eigenvalue weighted by Gasteiger charge is -2.25. The van der Waals surface area contributed by atoms with Crippen LogP contribution in [0.4, 0.5) is 0 Å². The lowest BCUT2D eigenvalue weighted by molar-refractivity contribution is -0.147. The van der Waals surface area contributed by atoms with Crippen molar-refractivity contribution in [1.82, 2.24) is 0 Å². The Morgan fingerprint density at radius 2 is 1.31 bits per heavy atom. The molecule has 0 saturated carbocycles. The largest absolute Gasteiger partial charge is 0.497 e. The topological polar surface area (TPSA) is 76.0 Å². The second-order valence-electron chi connectivity index (χ2n) is 10.00. The van der Waals surface area contributed by atoms with Crippen LogP contribution < -0.4 is 4.74 Å². The Morgan fingerprint density at radius 1 is 0.800 bits per heavy atom. The van der Waals surface area contributed by atoms with Crippen molar-refractivity contribution in [2.75, 3.05) is 7.11 Å². The monoisotopic (exact) mass is 492 g/mol. The third-order valence-electron chi connectivity index (χ3n) is 6.93. The van der Waals surface area contributed by atoms with Crippen LogP contribution in [-0.2, 0) is 16.1 Å². The van der Waals surface area contributed by atoms with Gasteiger partial charge in [0.2, 0.25) is 0 Å². The first-order valence-corrected chi connectivity index (χ1v) is 14.2. The molecule has 0 spiro atoms. The molecular formula is C30H52O5. The van der Waals surface area contributed by atoms with Crippen molar-refractivity contribution >= 4 is 5.97 Å². The maximum Gasteiger partial charge on any atom is 0.309 e. The first-order chi connectivity index (χ1) is 17.0. The number of ether oxygens (including phenoxy) is 2. The molecule has 1 aromatic carbocycles. The summed E-state index contributed by atoms with van der Waals surface area (Å²) in [6.07, 6.45) is 16.1. The van der Waals surface area contributed by atoms with E-state index in [2.05, 4.69) is 13.8 Å². The van der Waals surface area contributed by atoms with Crippen LogP contribution in [0.2, 0.25) is 0 Å². The highest BCUT2D eigenvalue weighted by molar-refractivity contribution is 5.70. The molecule has 202 valence electrons. The highest BCUT2D eigenvalue weighted by atomic mass is 16.5. The number of hydrogen-bond donors (Lipinski definition) is 2. The quantitative estimate of drug-likeness (QED) is 0.152. The summed E-state index contributed by atoms with van der Waals surface area (Å²) >= 11 is 0. The van der Waals surface area contributed by atoms with Gasteiger partial charge in [0.25, 0.3) is 0 Å². The highest BCUT2D eigenvalue weighted by Crippen LogP contribution is 2.23. The van der Waals surface area contributed by atoms with Gasteiger partial charge < -0.3 is 19.7 Å². The van der Waals surface area contributed by atoms with Crippen molar-refractivity contribution in [2.24, 2.45) is 5.92 Å². The minimum atomic E-state index is -0.897. The van der Waals surface area contributed by atoms with Gasteiger partial charge in [0.1, 0.15) is 5.75 Å². The summed E-state index contributed by atoms with van der Waals surface area (Å²) < 4.78 is 11.5. The van der Waals surface area contributed by atoms with Crippen molar-refractivity contribution in [3.05, 3.63) is 29.8 Å². The Kier molecular flexibility index (Phi) is 18.5. The molecule has 2 N–H and O–H groups in total. The molecule has 35 heavy (non-hydrogen) atoms. The van der Waals surface area contributed by atoms with Gasteiger partial charge in [-0.1, -0.05) is 109 Å². The maximum atomic E-state index is 11.8. The minimum absolute atomic E-state index is 0.144. The normalized spacial score (nSPS) is 13.9. The van der Waals surface area contributed by atoms with Crippen LogP contribution in [0, 0.1) is 5.92 Å². The van der Waals surface area contributed by atoms with Crippen LogP contribution >= 0.6 is 0 Å². The first-order valence-electron chi connectivity index (χ1n) is 14.2. The van der Waals surface area contributed by atoms with E-state index in [1.807, 2.05) is 24.3 Å². The van der Waals surface area contributed by atoms with Gasteiger partial charge in [-0.2, -0.15) is 0 Å². The van der Waals surface area contributed by atoms with Gasteiger partial charge in [-0.15, -0.1) is 0 Å². The molecular weight excluding hydrogens is 440 g/mol. The van der Waals surface area contributed by atoms with E-state index in [9.17, 15) is 15.0 Å². The first kappa shape index (κ1) is 31.4. The molecule has 0 aliphatic rings. The van der Waals surface area contributed by atoms with Gasteiger partial charge in [0.15, 0.2) is 0 Å². The molecule has 5 nitrogen and oxygen atoms in total. The fourth-order valence-corrected chi connectivity index (χ4v) is 4.59. The number of aliphatic hydroxyl groups is 1. The molecule has 0 aliphatic carbocycles. The molecule has 1 aromatic rings. The van der Waals surface area contributed by atoms with Gasteiger partial charge in [0.05, 0.1) is 31.8 Å². The van der Waals surface area contributed by atoms with Gasteiger partial charge >= 0.3 is 5.97 Å². The van der Waals surface area contributed by atoms with Crippen LogP contribution in [0.25, 0.3) is 0 Å². The molecule has 1 rings (SSSR count). The van der Waals surface area contributed by atoms with E-state index in [1.54, 1.807) is 7.11 Å². The lowest BCUT2D eigenvalue weighted by Crippen LogP contribution is -2.32. The molecule has 0 amide bonds. The zero-order valence-electron chi connectivity index (χ0n) is 22.7. The van der Waals surface area contributed by atoms with Crippen LogP contribution in [0.3, 0.4) is 0 Å². The van der Waals surface area contributed by atoms with Gasteiger partial charge in [-0.25, -0.2) is 0 Å². The number of carboxylic acids is 1. The molecule has 3 atom stereocenters. The van der Waals surface area contributed by atoms with Crippen LogP contribution in [0.15, 0.2) is 24.3 Å². The summed E-state index contributed by atoms with van der Waals surface area (Å²) in [5, 5.41) is 20.5. The fourth-order valence-electron chi connectivity index (χ4n) is 4.59. The minimum Gasteiger partial charge on any atom is -0.497 e. The number of rotatable bonds is 23. The third-order valence-corrected chi connectivity index (χ3v) is 6.93. The van der Waals surface area contributed by atoms with E-state index in [0.717, 1.165) is 56.3 Å². The average Bonchev–Trinajstić information content (AvgIpc) is 2.86. The molecule has 0 radical (unpaired) electrons. The number of hydrogen-bond acceptors (Lipinski definition) is 4. The van der Waals surface area contributed by atoms with E-state index < -0.39 is 18.0 Å². The van der Waals surface area contributed by atoms with Crippen molar-refractivity contribution in [3.63, 3.8) is 0 Å². The Hall–Kier alpha value is -1.59. The van der Waals surface area contributed by atoms with Crippen molar-refractivity contribution < 1.29 is 24.5 Å². The molecule has 0 unspecified atom stereocenters. The summed E-state index contributed by atoms with van der Waals surface area (Å²) in [6.45, 7) is 4.84. The number of benzene rings is 1. The Bertz CT molecular complexity index is 630. The van der Waals surface area contributed by atoms with Crippen LogP contribution in [0.1, 0.15) is 122 Å². The second-order valence-corrected chi connectivity index (χ2v) is 10.00. The van der Waals surface area contributed by atoms with Crippen LogP contribution in [0.5, 0.6) is 5.75 Å². The molecule has 5 heteroatoms. The third kappa shape index (κ3) is 15.2. The number of unbranched alkanes of at least 4 members (excludes halogenated alkanes) is 11. The summed E-state index contributed by atoms with van der Waals surface area (Å²) in [5.74, 6) is -0.809. The van der Waals surface area contributed by atoms with Crippen molar-refractivity contribution in [3.8, 4) is 5.75 Å². The summed E-state index contributed by atoms with van der Waals surface area (Å²) in [6, 6.07) is 7.80. The highest BCUT2D eigenvalue weighted by Gasteiger charge is 2.28. The summed E-state index contributed by atoms with van der Waals surface area (Å²) in [5.41, 5.74) is 1.05. The Balaban J connectivity index is 2.57. The number of carboxylic acid groups (broad SMARTS) is 1. The molecule has 0 saturated heterocycles. The molecule has 0 aromatic heterocycles. The zero-order chi connectivity index (χ0) is 25.7. The SMILES string of the molecule is CCCCCCCCCCC[C@H](C[C@H](O)[C@H](CCCCCC)C(=O)O)OCc1ccc(OC)cc1. The zero-order valence-corrected chi connectivity index (χ0v) is 22.7. The van der Waals surface area contributed by atoms with Crippen molar-refractivity contribution in [1.29, 1.82) is 0 Å². The number of methoxy groups -OCH3 is 1. The van der Waals surface area contributed by atoms with E-state index in [1.165, 1.54) is 44.9 Å². The molecule has 0 bridgehead atoms. The lowest BCUT2D eigenvalue weighted by atomic mass is 9.90. The average molecular weight is 493 g/mol. The number of carbonyl (C=O) groups is 1. The molecule has 0 fully saturated rings. The summed E-state index contributed by atoms with van der Waals surface area (Å²) in [4.78, 5) is 11.8. The fraction of sp³-hybridized carbons (Fsp3) is 0.767. The number of aliphatic hydroxyl groups excluding tert-OH is 1. The molecule has 0 heterocycles. The summed E-state index contributed by atoms with van der Waals surface area (Å²) in [7, 11) is 1.65.